The van der Waals surface area contributed by atoms with Gasteiger partial charge >= 0.3 is 0 Å². The number of likely N-dealkylation sites (N-methyl/N-ethyl adjacent to an activating group) is 1. The summed E-state index contributed by atoms with van der Waals surface area (Å²) >= 11 is 0. The van der Waals surface area contributed by atoms with Crippen molar-refractivity contribution in [2.24, 2.45) is 0 Å². The number of benzene rings is 2. The zero-order chi connectivity index (χ0) is 25.8. The van der Waals surface area contributed by atoms with E-state index >= 15 is 0 Å². The van der Waals surface area contributed by atoms with Crippen LogP contribution in [0.5, 0.6) is 11.5 Å². The number of aromatic hydroxyl groups is 2. The lowest BCUT2D eigenvalue weighted by atomic mass is 9.91. The Balaban J connectivity index is 1.78. The molecule has 2 aliphatic rings. The lowest BCUT2D eigenvalue weighted by Gasteiger charge is -2.30. The van der Waals surface area contributed by atoms with Gasteiger partial charge in [0.15, 0.2) is 11.8 Å². The van der Waals surface area contributed by atoms with Gasteiger partial charge < -0.3 is 25.1 Å². The van der Waals surface area contributed by atoms with E-state index in [1.807, 2.05) is 45.0 Å². The van der Waals surface area contributed by atoms with Gasteiger partial charge in [-0.25, -0.2) is 0 Å². The molecule has 9 nitrogen and oxygen atoms in total. The van der Waals surface area contributed by atoms with Gasteiger partial charge in [0.1, 0.15) is 17.5 Å². The maximum absolute atomic E-state index is 12.9. The van der Waals surface area contributed by atoms with Crippen molar-refractivity contribution in [3.05, 3.63) is 58.7 Å². The van der Waals surface area contributed by atoms with E-state index in [1.165, 1.54) is 6.07 Å². The summed E-state index contributed by atoms with van der Waals surface area (Å²) < 4.78 is 5.41. The van der Waals surface area contributed by atoms with Crippen molar-refractivity contribution in [3.8, 4) is 17.6 Å². The number of carbonyl (C=O) groups is 1. The van der Waals surface area contributed by atoms with E-state index in [1.54, 1.807) is 6.07 Å². The molecule has 36 heavy (non-hydrogen) atoms. The first kappa shape index (κ1) is 25.5. The largest absolute Gasteiger partial charge is 0.508 e. The number of hydrogen-bond donors (Lipinski definition) is 4. The second-order valence-corrected chi connectivity index (χ2v) is 9.18. The fraction of sp³-hybridized carbons (Fsp3) is 0.407. The molecule has 190 valence electrons. The summed E-state index contributed by atoms with van der Waals surface area (Å²) in [5, 5.41) is 33.6. The lowest BCUT2D eigenvalue weighted by molar-refractivity contribution is -0.123. The van der Waals surface area contributed by atoms with Gasteiger partial charge in [-0.1, -0.05) is 38.1 Å². The highest BCUT2D eigenvalue weighted by Crippen LogP contribution is 2.41. The Morgan fingerprint density at radius 3 is 2.50 bits per heavy atom. The van der Waals surface area contributed by atoms with E-state index in [-0.39, 0.29) is 23.3 Å². The predicted octanol–water partition coefficient (Wildman–Crippen LogP) is 3.03. The van der Waals surface area contributed by atoms with E-state index in [0.29, 0.717) is 60.9 Å². The number of phenolic OH excluding ortho intramolecular Hbond substituents is 2. The number of amides is 1. The van der Waals surface area contributed by atoms with Crippen molar-refractivity contribution in [2.75, 3.05) is 32.8 Å². The molecule has 0 saturated carbocycles. The van der Waals surface area contributed by atoms with E-state index in [9.17, 15) is 20.3 Å². The summed E-state index contributed by atoms with van der Waals surface area (Å²) in [6, 6.07) is 11.6. The van der Waals surface area contributed by atoms with Crippen LogP contribution in [0.4, 0.5) is 0 Å². The second kappa shape index (κ2) is 11.0. The summed E-state index contributed by atoms with van der Waals surface area (Å²) in [6.45, 7) is 8.72. The number of hydroxylamine groups is 1. The van der Waals surface area contributed by atoms with Crippen LogP contribution in [0.2, 0.25) is 0 Å². The van der Waals surface area contributed by atoms with Crippen molar-refractivity contribution in [1.29, 1.82) is 5.26 Å². The normalized spacial score (nSPS) is 19.1. The average Bonchev–Trinajstić information content (AvgIpc) is 3.30. The van der Waals surface area contributed by atoms with Gasteiger partial charge in [0.2, 0.25) is 5.91 Å². The smallest absolute Gasteiger partial charge is 0.245 e. The molecule has 0 aliphatic carbocycles. The van der Waals surface area contributed by atoms with E-state index in [2.05, 4.69) is 21.8 Å². The number of nitrogens with zero attached hydrogens (tertiary/aromatic N) is 2. The molecular formula is C27H32N4O5. The van der Waals surface area contributed by atoms with Crippen LogP contribution in [0, 0.1) is 11.3 Å². The summed E-state index contributed by atoms with van der Waals surface area (Å²) in [5.41, 5.74) is 5.94. The topological polar surface area (TPSA) is 127 Å². The van der Waals surface area contributed by atoms with Crippen molar-refractivity contribution in [2.45, 2.75) is 38.8 Å². The summed E-state index contributed by atoms with van der Waals surface area (Å²) in [6.07, 6.45) is 0. The molecule has 1 fully saturated rings. The van der Waals surface area contributed by atoms with Gasteiger partial charge in [-0.3, -0.25) is 9.69 Å². The Morgan fingerprint density at radius 2 is 1.89 bits per heavy atom. The van der Waals surface area contributed by atoms with Crippen molar-refractivity contribution in [1.82, 2.24) is 15.7 Å². The molecule has 2 aromatic carbocycles. The molecule has 1 amide bonds. The average molecular weight is 493 g/mol. The number of nitriles is 1. The zero-order valence-corrected chi connectivity index (χ0v) is 20.7. The molecule has 2 atom stereocenters. The fourth-order valence-electron chi connectivity index (χ4n) is 4.61. The first-order valence-corrected chi connectivity index (χ1v) is 12.2. The van der Waals surface area contributed by atoms with Crippen molar-refractivity contribution in [3.63, 3.8) is 0 Å². The SMILES string of the molecule is CCNC(=O)C1NOC(c2cc(C(C)C)c(O)cc2O)=C1c1ccc(C(C#N)N2CCOCC2)cc1. The van der Waals surface area contributed by atoms with E-state index in [4.69, 9.17) is 9.57 Å². The molecule has 2 heterocycles. The Kier molecular flexibility index (Phi) is 7.79. The number of rotatable bonds is 7. The van der Waals surface area contributed by atoms with Crippen LogP contribution in [0.3, 0.4) is 0 Å². The van der Waals surface area contributed by atoms with Gasteiger partial charge in [0.25, 0.3) is 0 Å². The highest BCUT2D eigenvalue weighted by Gasteiger charge is 2.36. The second-order valence-electron chi connectivity index (χ2n) is 9.18. The molecule has 4 N–H and O–H groups in total. The van der Waals surface area contributed by atoms with Crippen LogP contribution in [0.1, 0.15) is 55.0 Å². The van der Waals surface area contributed by atoms with Gasteiger partial charge in [-0.05, 0) is 35.6 Å². The number of carbonyl (C=O) groups excluding carboxylic acids is 1. The van der Waals surface area contributed by atoms with Gasteiger partial charge in [0, 0.05) is 31.3 Å². The van der Waals surface area contributed by atoms with Crippen LogP contribution in [-0.4, -0.2) is 59.9 Å². The van der Waals surface area contributed by atoms with Gasteiger partial charge in [-0.15, -0.1) is 5.48 Å². The minimum absolute atomic E-state index is 0.00401. The standard InChI is InChI=1S/C27H32N4O5/c1-4-29-27(34)25-24(26(36-30-25)20-13-19(16(2)3)22(32)14-23(20)33)18-7-5-17(6-8-18)21(15-28)31-9-11-35-12-10-31/h5-8,13-14,16,21,25,30,32-33H,4,9-12H2,1-3H3,(H,29,34). The molecule has 2 aromatic rings. The number of hydrogen-bond acceptors (Lipinski definition) is 8. The third-order valence-electron chi connectivity index (χ3n) is 6.51. The molecular weight excluding hydrogens is 460 g/mol. The Bertz CT molecular complexity index is 1180. The minimum atomic E-state index is -0.812. The van der Waals surface area contributed by atoms with Crippen LogP contribution in [-0.2, 0) is 14.4 Å². The summed E-state index contributed by atoms with van der Waals surface area (Å²) in [4.78, 5) is 20.8. The van der Waals surface area contributed by atoms with E-state index < -0.39 is 12.1 Å². The summed E-state index contributed by atoms with van der Waals surface area (Å²) in [5.74, 6) is -0.115. The quantitative estimate of drug-likeness (QED) is 0.465. The highest BCUT2D eigenvalue weighted by atomic mass is 16.7. The van der Waals surface area contributed by atoms with Crippen molar-refractivity contribution < 1.29 is 24.6 Å². The number of ether oxygens (including phenoxy) is 1. The molecule has 2 unspecified atom stereocenters. The van der Waals surface area contributed by atoms with Gasteiger partial charge in [0.05, 0.1) is 24.8 Å². The molecule has 2 aliphatic heterocycles. The molecule has 4 rings (SSSR count). The van der Waals surface area contributed by atoms with Crippen LogP contribution < -0.4 is 10.8 Å². The van der Waals surface area contributed by atoms with Gasteiger partial charge in [-0.2, -0.15) is 5.26 Å². The number of nitrogens with one attached hydrogen (secondary N) is 2. The fourth-order valence-corrected chi connectivity index (χ4v) is 4.61. The number of morpholine rings is 1. The minimum Gasteiger partial charge on any atom is -0.508 e. The highest BCUT2D eigenvalue weighted by molar-refractivity contribution is 6.05. The molecule has 1 saturated heterocycles. The zero-order valence-electron chi connectivity index (χ0n) is 20.7. The first-order valence-electron chi connectivity index (χ1n) is 12.2. The monoisotopic (exact) mass is 492 g/mol. The molecule has 0 spiro atoms. The first-order chi connectivity index (χ1) is 17.3. The summed E-state index contributed by atoms with van der Waals surface area (Å²) in [7, 11) is 0. The van der Waals surface area contributed by atoms with Crippen LogP contribution in [0.15, 0.2) is 36.4 Å². The maximum atomic E-state index is 12.9. The predicted molar refractivity (Wildman–Crippen MR) is 135 cm³/mol. The van der Waals surface area contributed by atoms with E-state index in [0.717, 1.165) is 5.56 Å². The maximum Gasteiger partial charge on any atom is 0.245 e. The number of phenols is 2. The van der Waals surface area contributed by atoms with Crippen molar-refractivity contribution >= 4 is 17.2 Å². The molecule has 9 heteroatoms. The molecule has 0 radical (unpaired) electrons. The molecule has 0 bridgehead atoms. The Labute approximate surface area is 210 Å². The third kappa shape index (κ3) is 5.02. The Hall–Kier alpha value is -3.58. The third-order valence-corrected chi connectivity index (χ3v) is 6.51. The Morgan fingerprint density at radius 1 is 1.19 bits per heavy atom. The van der Waals surface area contributed by atoms with Crippen LogP contribution >= 0.6 is 0 Å². The van der Waals surface area contributed by atoms with Crippen LogP contribution in [0.25, 0.3) is 11.3 Å². The molecule has 0 aromatic heterocycles. The lowest BCUT2D eigenvalue weighted by Crippen LogP contribution is -2.41.